The lowest BCUT2D eigenvalue weighted by atomic mass is 10.0. The number of hydrogen-bond donors (Lipinski definition) is 2. The van der Waals surface area contributed by atoms with Gasteiger partial charge in [0.05, 0.1) is 5.60 Å². The molecule has 0 spiro atoms. The molecule has 1 unspecified atom stereocenters. The molecule has 0 aromatic heterocycles. The quantitative estimate of drug-likeness (QED) is 0.683. The van der Waals surface area contributed by atoms with Gasteiger partial charge < -0.3 is 10.4 Å². The molecule has 3 nitrogen and oxygen atoms in total. The Balaban J connectivity index is 2.52. The summed E-state index contributed by atoms with van der Waals surface area (Å²) in [5, 5.41) is 14.0. The van der Waals surface area contributed by atoms with Gasteiger partial charge in [-0.3, -0.25) is 4.90 Å². The molecule has 1 rings (SSSR count). The third-order valence-corrected chi connectivity index (χ3v) is 4.27. The predicted octanol–water partition coefficient (Wildman–Crippen LogP) is 3.03. The largest absolute Gasteiger partial charge is 0.388 e. The second-order valence-electron chi connectivity index (χ2n) is 7.62. The van der Waals surface area contributed by atoms with Crippen molar-refractivity contribution in [3.8, 4) is 0 Å². The zero-order valence-corrected chi connectivity index (χ0v) is 14.3. The van der Waals surface area contributed by atoms with Crippen molar-refractivity contribution in [3.63, 3.8) is 0 Å². The van der Waals surface area contributed by atoms with Crippen molar-refractivity contribution >= 4 is 0 Å². The molecule has 0 amide bonds. The standard InChI is InChI=1S/C17H36N2O/c1-14(2)10-11-19(16-8-6-7-9-16)13-17(5,20)12-18-15(3)4/h14-16,18,20H,6-13H2,1-5H3. The Morgan fingerprint density at radius 3 is 2.30 bits per heavy atom. The smallest absolute Gasteiger partial charge is 0.0869 e. The zero-order chi connectivity index (χ0) is 15.2. The normalized spacial score (nSPS) is 20.2. The maximum absolute atomic E-state index is 10.7. The molecule has 1 atom stereocenters. The Morgan fingerprint density at radius 1 is 1.20 bits per heavy atom. The first kappa shape index (κ1) is 17.9. The van der Waals surface area contributed by atoms with E-state index in [-0.39, 0.29) is 0 Å². The van der Waals surface area contributed by atoms with Gasteiger partial charge in [0, 0.05) is 25.2 Å². The van der Waals surface area contributed by atoms with Gasteiger partial charge in [-0.25, -0.2) is 0 Å². The molecule has 20 heavy (non-hydrogen) atoms. The Morgan fingerprint density at radius 2 is 1.80 bits per heavy atom. The fourth-order valence-corrected chi connectivity index (χ4v) is 3.00. The molecule has 0 aromatic rings. The van der Waals surface area contributed by atoms with Gasteiger partial charge in [0.25, 0.3) is 0 Å². The highest BCUT2D eigenvalue weighted by Crippen LogP contribution is 2.25. The maximum atomic E-state index is 10.7. The fraction of sp³-hybridized carbons (Fsp3) is 1.00. The van der Waals surface area contributed by atoms with Crippen LogP contribution in [-0.2, 0) is 0 Å². The summed E-state index contributed by atoms with van der Waals surface area (Å²) >= 11 is 0. The Bertz CT molecular complexity index is 258. The van der Waals surface area contributed by atoms with Crippen molar-refractivity contribution in [2.75, 3.05) is 19.6 Å². The Hall–Kier alpha value is -0.120. The van der Waals surface area contributed by atoms with E-state index in [1.54, 1.807) is 0 Å². The topological polar surface area (TPSA) is 35.5 Å². The molecule has 0 radical (unpaired) electrons. The molecule has 0 aliphatic heterocycles. The number of nitrogens with zero attached hydrogens (tertiary/aromatic N) is 1. The van der Waals surface area contributed by atoms with Crippen LogP contribution in [0.25, 0.3) is 0 Å². The van der Waals surface area contributed by atoms with Crippen LogP contribution in [0.2, 0.25) is 0 Å². The van der Waals surface area contributed by atoms with E-state index in [2.05, 4.69) is 37.9 Å². The molecule has 1 aliphatic rings. The van der Waals surface area contributed by atoms with E-state index in [4.69, 9.17) is 0 Å². The average molecular weight is 284 g/mol. The monoisotopic (exact) mass is 284 g/mol. The molecular weight excluding hydrogens is 248 g/mol. The lowest BCUT2D eigenvalue weighted by Gasteiger charge is -2.36. The minimum atomic E-state index is -0.635. The van der Waals surface area contributed by atoms with Gasteiger partial charge in [-0.1, -0.05) is 40.5 Å². The summed E-state index contributed by atoms with van der Waals surface area (Å²) in [4.78, 5) is 2.55. The molecule has 1 aliphatic carbocycles. The molecule has 0 saturated heterocycles. The number of rotatable bonds is 9. The molecule has 0 aromatic carbocycles. The molecule has 120 valence electrons. The van der Waals surface area contributed by atoms with Crippen LogP contribution >= 0.6 is 0 Å². The van der Waals surface area contributed by atoms with Gasteiger partial charge in [-0.15, -0.1) is 0 Å². The summed E-state index contributed by atoms with van der Waals surface area (Å²) in [6.07, 6.45) is 6.56. The Labute approximate surface area is 126 Å². The lowest BCUT2D eigenvalue weighted by Crippen LogP contribution is -2.51. The van der Waals surface area contributed by atoms with E-state index in [1.807, 2.05) is 6.92 Å². The summed E-state index contributed by atoms with van der Waals surface area (Å²) < 4.78 is 0. The predicted molar refractivity (Wildman–Crippen MR) is 87.0 cm³/mol. The van der Waals surface area contributed by atoms with Crippen LogP contribution in [0.15, 0.2) is 0 Å². The van der Waals surface area contributed by atoms with E-state index < -0.39 is 5.60 Å². The SMILES string of the molecule is CC(C)CCN(CC(C)(O)CNC(C)C)C1CCCC1. The van der Waals surface area contributed by atoms with Gasteiger partial charge in [0.2, 0.25) is 0 Å². The van der Waals surface area contributed by atoms with E-state index in [0.29, 0.717) is 18.6 Å². The molecule has 1 fully saturated rings. The third kappa shape index (κ3) is 7.05. The van der Waals surface area contributed by atoms with Crippen molar-refractivity contribution in [1.29, 1.82) is 0 Å². The van der Waals surface area contributed by atoms with Crippen LogP contribution in [0.1, 0.15) is 66.7 Å². The minimum absolute atomic E-state index is 0.428. The highest BCUT2D eigenvalue weighted by molar-refractivity contribution is 4.86. The van der Waals surface area contributed by atoms with Gasteiger partial charge in [-0.2, -0.15) is 0 Å². The highest BCUT2D eigenvalue weighted by atomic mass is 16.3. The molecule has 0 heterocycles. The summed E-state index contributed by atoms with van der Waals surface area (Å²) in [7, 11) is 0. The minimum Gasteiger partial charge on any atom is -0.388 e. The van der Waals surface area contributed by atoms with E-state index >= 15 is 0 Å². The van der Waals surface area contributed by atoms with Crippen molar-refractivity contribution < 1.29 is 5.11 Å². The van der Waals surface area contributed by atoms with Crippen molar-refractivity contribution in [1.82, 2.24) is 10.2 Å². The van der Waals surface area contributed by atoms with Gasteiger partial charge >= 0.3 is 0 Å². The van der Waals surface area contributed by atoms with Crippen LogP contribution in [0.4, 0.5) is 0 Å². The molecule has 1 saturated carbocycles. The first-order chi connectivity index (χ1) is 9.30. The second kappa shape index (κ2) is 8.35. The van der Waals surface area contributed by atoms with E-state index in [1.165, 1.54) is 32.1 Å². The highest BCUT2D eigenvalue weighted by Gasteiger charge is 2.29. The number of hydrogen-bond acceptors (Lipinski definition) is 3. The van der Waals surface area contributed by atoms with Crippen molar-refractivity contribution in [2.24, 2.45) is 5.92 Å². The molecule has 0 bridgehead atoms. The van der Waals surface area contributed by atoms with Gasteiger partial charge in [0.1, 0.15) is 0 Å². The molecule has 3 heteroatoms. The second-order valence-corrected chi connectivity index (χ2v) is 7.62. The van der Waals surface area contributed by atoms with E-state index in [9.17, 15) is 5.11 Å². The molecular formula is C17H36N2O. The third-order valence-electron chi connectivity index (χ3n) is 4.27. The van der Waals surface area contributed by atoms with E-state index in [0.717, 1.165) is 19.0 Å². The zero-order valence-electron chi connectivity index (χ0n) is 14.3. The summed E-state index contributed by atoms with van der Waals surface area (Å²) in [5.41, 5.74) is -0.635. The Kier molecular flexibility index (Phi) is 7.49. The first-order valence-electron chi connectivity index (χ1n) is 8.50. The average Bonchev–Trinajstić information content (AvgIpc) is 2.85. The lowest BCUT2D eigenvalue weighted by molar-refractivity contribution is 0.00434. The first-order valence-corrected chi connectivity index (χ1v) is 8.50. The number of aliphatic hydroxyl groups is 1. The summed E-state index contributed by atoms with van der Waals surface area (Å²) in [6, 6.07) is 1.12. The van der Waals surface area contributed by atoms with Crippen LogP contribution in [0, 0.1) is 5.92 Å². The van der Waals surface area contributed by atoms with Gasteiger partial charge in [-0.05, 0) is 38.6 Å². The maximum Gasteiger partial charge on any atom is 0.0869 e. The van der Waals surface area contributed by atoms with Crippen molar-refractivity contribution in [3.05, 3.63) is 0 Å². The summed E-state index contributed by atoms with van der Waals surface area (Å²) in [5.74, 6) is 0.734. The summed E-state index contributed by atoms with van der Waals surface area (Å²) in [6.45, 7) is 13.4. The van der Waals surface area contributed by atoms with Crippen LogP contribution in [0.5, 0.6) is 0 Å². The van der Waals surface area contributed by atoms with Gasteiger partial charge in [0.15, 0.2) is 0 Å². The van der Waals surface area contributed by atoms with Crippen molar-refractivity contribution in [2.45, 2.75) is 84.4 Å². The number of nitrogens with one attached hydrogen (secondary N) is 1. The molecule has 2 N–H and O–H groups in total. The van der Waals surface area contributed by atoms with Crippen LogP contribution in [-0.4, -0.2) is 47.3 Å². The van der Waals surface area contributed by atoms with Crippen LogP contribution in [0.3, 0.4) is 0 Å². The van der Waals surface area contributed by atoms with Crippen LogP contribution < -0.4 is 5.32 Å². The fourth-order valence-electron chi connectivity index (χ4n) is 3.00.